The summed E-state index contributed by atoms with van der Waals surface area (Å²) in [5.74, 6) is 1.68. The first-order valence-corrected chi connectivity index (χ1v) is 7.72. The molecule has 1 aromatic heterocycles. The van der Waals surface area contributed by atoms with Crippen molar-refractivity contribution in [2.75, 3.05) is 0 Å². The van der Waals surface area contributed by atoms with Gasteiger partial charge in [0.15, 0.2) is 0 Å². The third-order valence-electron chi connectivity index (χ3n) is 3.89. The molecular weight excluding hydrogens is 228 g/mol. The zero-order valence-electron chi connectivity index (χ0n) is 10.7. The number of rotatable bonds is 5. The lowest BCUT2D eigenvalue weighted by atomic mass is 9.77. The summed E-state index contributed by atoms with van der Waals surface area (Å²) in [7, 11) is 0. The van der Waals surface area contributed by atoms with Crippen LogP contribution in [0.5, 0.6) is 0 Å². The fourth-order valence-electron chi connectivity index (χ4n) is 2.92. The SMILES string of the molecule is CCCC1CCC(=O)C(CCc2cccs2)C1. The van der Waals surface area contributed by atoms with Crippen molar-refractivity contribution in [3.63, 3.8) is 0 Å². The van der Waals surface area contributed by atoms with E-state index >= 15 is 0 Å². The van der Waals surface area contributed by atoms with Gasteiger partial charge in [-0.05, 0) is 43.0 Å². The first-order valence-electron chi connectivity index (χ1n) is 6.84. The molecule has 1 aliphatic carbocycles. The first-order chi connectivity index (χ1) is 8.29. The van der Waals surface area contributed by atoms with Crippen LogP contribution in [0.25, 0.3) is 0 Å². The van der Waals surface area contributed by atoms with Gasteiger partial charge in [0.05, 0.1) is 0 Å². The summed E-state index contributed by atoms with van der Waals surface area (Å²) in [6.07, 6.45) is 7.85. The van der Waals surface area contributed by atoms with Gasteiger partial charge in [-0.1, -0.05) is 25.8 Å². The smallest absolute Gasteiger partial charge is 0.136 e. The Balaban J connectivity index is 1.83. The van der Waals surface area contributed by atoms with E-state index in [0.29, 0.717) is 11.7 Å². The third-order valence-corrected chi connectivity index (χ3v) is 4.82. The standard InChI is InChI=1S/C15H22OS/c1-2-4-12-6-9-15(16)13(11-12)7-8-14-5-3-10-17-14/h3,5,10,12-13H,2,4,6-9,11H2,1H3. The third kappa shape index (κ3) is 3.67. The lowest BCUT2D eigenvalue weighted by molar-refractivity contribution is -0.125. The highest BCUT2D eigenvalue weighted by molar-refractivity contribution is 7.09. The molecule has 0 radical (unpaired) electrons. The van der Waals surface area contributed by atoms with Crippen molar-refractivity contribution in [2.45, 2.75) is 51.9 Å². The predicted octanol–water partition coefficient (Wildman–Crippen LogP) is 4.47. The molecule has 1 aliphatic rings. The maximum atomic E-state index is 11.9. The Bertz CT molecular complexity index is 342. The van der Waals surface area contributed by atoms with E-state index in [9.17, 15) is 4.79 Å². The van der Waals surface area contributed by atoms with Gasteiger partial charge in [0, 0.05) is 17.2 Å². The van der Waals surface area contributed by atoms with Gasteiger partial charge >= 0.3 is 0 Å². The van der Waals surface area contributed by atoms with Crippen molar-refractivity contribution in [3.05, 3.63) is 22.4 Å². The molecule has 2 atom stereocenters. The molecule has 0 amide bonds. The van der Waals surface area contributed by atoms with Gasteiger partial charge < -0.3 is 0 Å². The highest BCUT2D eigenvalue weighted by Gasteiger charge is 2.27. The molecule has 94 valence electrons. The van der Waals surface area contributed by atoms with Crippen LogP contribution < -0.4 is 0 Å². The lowest BCUT2D eigenvalue weighted by Gasteiger charge is -2.27. The molecule has 0 bridgehead atoms. The fraction of sp³-hybridized carbons (Fsp3) is 0.667. The molecular formula is C15H22OS. The summed E-state index contributed by atoms with van der Waals surface area (Å²) >= 11 is 1.81. The zero-order valence-corrected chi connectivity index (χ0v) is 11.5. The van der Waals surface area contributed by atoms with Gasteiger partial charge in [0.25, 0.3) is 0 Å². The monoisotopic (exact) mass is 250 g/mol. The van der Waals surface area contributed by atoms with Crippen LogP contribution in [0.15, 0.2) is 17.5 Å². The van der Waals surface area contributed by atoms with Crippen LogP contribution in [-0.2, 0) is 11.2 Å². The van der Waals surface area contributed by atoms with Gasteiger partial charge in [-0.2, -0.15) is 0 Å². The maximum Gasteiger partial charge on any atom is 0.136 e. The number of thiophene rings is 1. The van der Waals surface area contributed by atoms with Crippen molar-refractivity contribution in [1.82, 2.24) is 0 Å². The summed E-state index contributed by atoms with van der Waals surface area (Å²) < 4.78 is 0. The molecule has 17 heavy (non-hydrogen) atoms. The highest BCUT2D eigenvalue weighted by Crippen LogP contribution is 2.32. The van der Waals surface area contributed by atoms with E-state index in [2.05, 4.69) is 24.4 Å². The second-order valence-electron chi connectivity index (χ2n) is 5.21. The second-order valence-corrected chi connectivity index (χ2v) is 6.24. The van der Waals surface area contributed by atoms with Crippen LogP contribution >= 0.6 is 11.3 Å². The molecule has 0 aromatic carbocycles. The molecule has 1 saturated carbocycles. The van der Waals surface area contributed by atoms with E-state index in [1.165, 1.54) is 17.7 Å². The number of carbonyl (C=O) groups is 1. The Morgan fingerprint density at radius 3 is 3.00 bits per heavy atom. The molecule has 0 aliphatic heterocycles. The molecule has 1 aromatic rings. The average Bonchev–Trinajstić information content (AvgIpc) is 2.83. The maximum absolute atomic E-state index is 11.9. The molecule has 2 rings (SSSR count). The van der Waals surface area contributed by atoms with Gasteiger partial charge in [0.1, 0.15) is 5.78 Å². The van der Waals surface area contributed by atoms with E-state index in [-0.39, 0.29) is 0 Å². The summed E-state index contributed by atoms with van der Waals surface area (Å²) in [6, 6.07) is 4.28. The van der Waals surface area contributed by atoms with Crippen molar-refractivity contribution >= 4 is 17.1 Å². The molecule has 2 heteroatoms. The van der Waals surface area contributed by atoms with E-state index < -0.39 is 0 Å². The van der Waals surface area contributed by atoms with Crippen molar-refractivity contribution in [3.8, 4) is 0 Å². The van der Waals surface area contributed by atoms with Gasteiger partial charge in [0.2, 0.25) is 0 Å². The number of hydrogen-bond acceptors (Lipinski definition) is 2. The molecule has 1 heterocycles. The minimum absolute atomic E-state index is 0.349. The summed E-state index contributed by atoms with van der Waals surface area (Å²) in [4.78, 5) is 13.3. The summed E-state index contributed by atoms with van der Waals surface area (Å²) in [6.45, 7) is 2.25. The van der Waals surface area contributed by atoms with Crippen LogP contribution in [0, 0.1) is 11.8 Å². The Hall–Kier alpha value is -0.630. The zero-order chi connectivity index (χ0) is 12.1. The first kappa shape index (κ1) is 12.8. The van der Waals surface area contributed by atoms with Gasteiger partial charge in [-0.25, -0.2) is 0 Å². The van der Waals surface area contributed by atoms with Crippen LogP contribution in [0.2, 0.25) is 0 Å². The summed E-state index contributed by atoms with van der Waals surface area (Å²) in [5, 5.41) is 2.12. The molecule has 0 N–H and O–H groups in total. The number of aryl methyl sites for hydroxylation is 1. The van der Waals surface area contributed by atoms with E-state index in [4.69, 9.17) is 0 Å². The van der Waals surface area contributed by atoms with Crippen molar-refractivity contribution < 1.29 is 4.79 Å². The predicted molar refractivity (Wildman–Crippen MR) is 73.4 cm³/mol. The van der Waals surface area contributed by atoms with Gasteiger partial charge in [-0.3, -0.25) is 4.79 Å². The van der Waals surface area contributed by atoms with Crippen LogP contribution in [0.3, 0.4) is 0 Å². The van der Waals surface area contributed by atoms with E-state index in [0.717, 1.165) is 38.0 Å². The number of Topliss-reactive ketones (excluding diaryl/α,β-unsaturated/α-hetero) is 1. The number of carbonyl (C=O) groups excluding carboxylic acids is 1. The largest absolute Gasteiger partial charge is 0.299 e. The van der Waals surface area contributed by atoms with E-state index in [1.54, 1.807) is 0 Å². The van der Waals surface area contributed by atoms with Crippen LogP contribution in [-0.4, -0.2) is 5.78 Å². The molecule has 0 saturated heterocycles. The van der Waals surface area contributed by atoms with E-state index in [1.807, 2.05) is 11.3 Å². The lowest BCUT2D eigenvalue weighted by Crippen LogP contribution is -2.25. The van der Waals surface area contributed by atoms with Crippen molar-refractivity contribution in [1.29, 1.82) is 0 Å². The minimum atomic E-state index is 0.349. The summed E-state index contributed by atoms with van der Waals surface area (Å²) in [5.41, 5.74) is 0. The quantitative estimate of drug-likeness (QED) is 0.753. The Labute approximate surface area is 108 Å². The Morgan fingerprint density at radius 2 is 2.29 bits per heavy atom. The fourth-order valence-corrected chi connectivity index (χ4v) is 3.65. The van der Waals surface area contributed by atoms with Gasteiger partial charge in [-0.15, -0.1) is 11.3 Å². The normalized spacial score (nSPS) is 25.1. The molecule has 0 spiro atoms. The molecule has 1 fully saturated rings. The minimum Gasteiger partial charge on any atom is -0.299 e. The Kier molecular flexibility index (Phi) is 4.78. The number of hydrogen-bond donors (Lipinski definition) is 0. The molecule has 1 nitrogen and oxygen atoms in total. The topological polar surface area (TPSA) is 17.1 Å². The molecule has 2 unspecified atom stereocenters. The average molecular weight is 250 g/mol. The second kappa shape index (κ2) is 6.34. The number of ketones is 1. The highest BCUT2D eigenvalue weighted by atomic mass is 32.1. The van der Waals surface area contributed by atoms with Crippen molar-refractivity contribution in [2.24, 2.45) is 11.8 Å². The van der Waals surface area contributed by atoms with Crippen LogP contribution in [0.4, 0.5) is 0 Å². The Morgan fingerprint density at radius 1 is 1.41 bits per heavy atom. The van der Waals surface area contributed by atoms with Crippen LogP contribution in [0.1, 0.15) is 50.3 Å².